The summed E-state index contributed by atoms with van der Waals surface area (Å²) in [5.41, 5.74) is 0.965. The molecule has 0 saturated heterocycles. The Bertz CT molecular complexity index is 978. The van der Waals surface area contributed by atoms with Crippen LogP contribution in [0.3, 0.4) is 0 Å². The maximum atomic E-state index is 13.0. The van der Waals surface area contributed by atoms with Crippen molar-refractivity contribution in [2.45, 2.75) is 18.7 Å². The van der Waals surface area contributed by atoms with Crippen molar-refractivity contribution in [1.29, 1.82) is 0 Å². The summed E-state index contributed by atoms with van der Waals surface area (Å²) < 4.78 is 45.2. The minimum atomic E-state index is -3.97. The van der Waals surface area contributed by atoms with Crippen molar-refractivity contribution in [1.82, 2.24) is 10.6 Å². The van der Waals surface area contributed by atoms with E-state index < -0.39 is 27.8 Å². The molecular weight excluding hydrogens is 401 g/mol. The van der Waals surface area contributed by atoms with Crippen molar-refractivity contribution in [3.8, 4) is 0 Å². The van der Waals surface area contributed by atoms with E-state index in [1.54, 1.807) is 13.8 Å². The lowest BCUT2D eigenvalue weighted by Crippen LogP contribution is -2.35. The van der Waals surface area contributed by atoms with Crippen LogP contribution in [0.25, 0.3) is 0 Å². The molecule has 0 aliphatic rings. The van der Waals surface area contributed by atoms with Crippen molar-refractivity contribution in [2.24, 2.45) is 0 Å². The van der Waals surface area contributed by atoms with E-state index in [1.807, 2.05) is 0 Å². The fraction of sp³-hybridized carbons (Fsp3) is 0.263. The second-order valence-electron chi connectivity index (χ2n) is 5.99. The van der Waals surface area contributed by atoms with Crippen LogP contribution in [-0.4, -0.2) is 40.1 Å². The van der Waals surface area contributed by atoms with Gasteiger partial charge in [0.05, 0.1) is 11.5 Å². The lowest BCUT2D eigenvalue weighted by Gasteiger charge is -2.12. The molecule has 2 amide bonds. The number of aryl methyl sites for hydroxylation is 1. The molecule has 3 N–H and O–H groups in total. The van der Waals surface area contributed by atoms with Crippen LogP contribution in [0.1, 0.15) is 22.8 Å². The van der Waals surface area contributed by atoms with E-state index in [0.717, 1.165) is 12.1 Å². The maximum Gasteiger partial charge on any atom is 0.407 e. The first kappa shape index (κ1) is 22.2. The quantitative estimate of drug-likeness (QED) is 0.564. The van der Waals surface area contributed by atoms with Gasteiger partial charge in [-0.15, -0.1) is 0 Å². The zero-order valence-corrected chi connectivity index (χ0v) is 16.8. The highest BCUT2D eigenvalue weighted by Crippen LogP contribution is 2.19. The Labute approximate surface area is 168 Å². The van der Waals surface area contributed by atoms with Gasteiger partial charge < -0.3 is 15.4 Å². The summed E-state index contributed by atoms with van der Waals surface area (Å²) in [6.45, 7) is 3.89. The number of benzene rings is 2. The largest absolute Gasteiger partial charge is 0.450 e. The number of alkyl carbamates (subject to hydrolysis) is 1. The molecule has 0 heterocycles. The van der Waals surface area contributed by atoms with E-state index in [-0.39, 0.29) is 35.8 Å². The molecule has 156 valence electrons. The number of sulfonamides is 1. The van der Waals surface area contributed by atoms with E-state index in [2.05, 4.69) is 15.4 Å². The molecule has 0 aromatic heterocycles. The highest BCUT2D eigenvalue weighted by Gasteiger charge is 2.18. The summed E-state index contributed by atoms with van der Waals surface area (Å²) in [4.78, 5) is 23.5. The smallest absolute Gasteiger partial charge is 0.407 e. The molecule has 0 saturated carbocycles. The minimum Gasteiger partial charge on any atom is -0.450 e. The van der Waals surface area contributed by atoms with E-state index in [1.165, 1.54) is 30.3 Å². The summed E-state index contributed by atoms with van der Waals surface area (Å²) in [5, 5.41) is 5.07. The SMILES string of the molecule is CCOC(=O)NCCNC(=O)c1cc(S(=O)(=O)Nc2ccc(F)cc2)ccc1C. The van der Waals surface area contributed by atoms with E-state index in [9.17, 15) is 22.4 Å². The number of halogens is 1. The highest BCUT2D eigenvalue weighted by molar-refractivity contribution is 7.92. The van der Waals surface area contributed by atoms with Gasteiger partial charge in [0.2, 0.25) is 0 Å². The number of carbonyl (C=O) groups excluding carboxylic acids is 2. The number of carbonyl (C=O) groups is 2. The van der Waals surface area contributed by atoms with Crippen LogP contribution in [-0.2, 0) is 14.8 Å². The molecule has 0 aliphatic heterocycles. The van der Waals surface area contributed by atoms with Crippen LogP contribution in [0, 0.1) is 12.7 Å². The van der Waals surface area contributed by atoms with Crippen LogP contribution in [0.4, 0.5) is 14.9 Å². The predicted molar refractivity (Wildman–Crippen MR) is 106 cm³/mol. The Morgan fingerprint density at radius 2 is 1.69 bits per heavy atom. The van der Waals surface area contributed by atoms with Gasteiger partial charge in [-0.05, 0) is 55.8 Å². The molecule has 0 radical (unpaired) electrons. The van der Waals surface area contributed by atoms with Crippen molar-refractivity contribution >= 4 is 27.7 Å². The maximum absolute atomic E-state index is 13.0. The van der Waals surface area contributed by atoms with Gasteiger partial charge in [-0.3, -0.25) is 9.52 Å². The van der Waals surface area contributed by atoms with Crippen molar-refractivity contribution in [3.63, 3.8) is 0 Å². The van der Waals surface area contributed by atoms with Gasteiger partial charge in [0.1, 0.15) is 5.82 Å². The van der Waals surface area contributed by atoms with Gasteiger partial charge in [-0.1, -0.05) is 6.07 Å². The molecule has 0 unspecified atom stereocenters. The molecular formula is C19H22FN3O5S. The minimum absolute atomic E-state index is 0.109. The molecule has 10 heteroatoms. The first-order chi connectivity index (χ1) is 13.7. The topological polar surface area (TPSA) is 114 Å². The lowest BCUT2D eigenvalue weighted by atomic mass is 10.1. The number of rotatable bonds is 8. The Morgan fingerprint density at radius 3 is 2.34 bits per heavy atom. The molecule has 0 bridgehead atoms. The van der Waals surface area contributed by atoms with Crippen LogP contribution < -0.4 is 15.4 Å². The number of nitrogens with one attached hydrogen (secondary N) is 3. The summed E-state index contributed by atoms with van der Waals surface area (Å²) in [6, 6.07) is 9.02. The molecule has 0 aliphatic carbocycles. The van der Waals surface area contributed by atoms with Crippen molar-refractivity contribution < 1.29 is 27.1 Å². The number of ether oxygens (including phenoxy) is 1. The number of anilines is 1. The highest BCUT2D eigenvalue weighted by atomic mass is 32.2. The Kier molecular flexibility index (Phi) is 7.54. The number of hydrogen-bond donors (Lipinski definition) is 3. The fourth-order valence-corrected chi connectivity index (χ4v) is 3.45. The van der Waals surface area contributed by atoms with Gasteiger partial charge in [0.25, 0.3) is 15.9 Å². The normalized spacial score (nSPS) is 10.9. The Hall–Kier alpha value is -3.14. The first-order valence-electron chi connectivity index (χ1n) is 8.81. The van der Waals surface area contributed by atoms with Crippen LogP contribution >= 0.6 is 0 Å². The third-order valence-electron chi connectivity index (χ3n) is 3.82. The predicted octanol–water partition coefficient (Wildman–Crippen LogP) is 2.41. The standard InChI is InChI=1S/C19H22FN3O5S/c1-3-28-19(25)22-11-10-21-18(24)17-12-16(9-4-13(17)2)29(26,27)23-15-7-5-14(20)6-8-15/h4-9,12,23H,3,10-11H2,1-2H3,(H,21,24)(H,22,25). The second-order valence-corrected chi connectivity index (χ2v) is 7.67. The Morgan fingerprint density at radius 1 is 1.03 bits per heavy atom. The second kappa shape index (κ2) is 9.87. The average Bonchev–Trinajstić information content (AvgIpc) is 2.67. The third kappa shape index (κ3) is 6.46. The van der Waals surface area contributed by atoms with Gasteiger partial charge >= 0.3 is 6.09 Å². The third-order valence-corrected chi connectivity index (χ3v) is 5.19. The number of hydrogen-bond acceptors (Lipinski definition) is 5. The summed E-state index contributed by atoms with van der Waals surface area (Å²) in [7, 11) is -3.97. The fourth-order valence-electron chi connectivity index (χ4n) is 2.36. The molecule has 2 aromatic rings. The van der Waals surface area contributed by atoms with Gasteiger partial charge in [0.15, 0.2) is 0 Å². The van der Waals surface area contributed by atoms with E-state index in [0.29, 0.717) is 5.56 Å². The summed E-state index contributed by atoms with van der Waals surface area (Å²) in [5.74, 6) is -0.966. The van der Waals surface area contributed by atoms with E-state index >= 15 is 0 Å². The van der Waals surface area contributed by atoms with Gasteiger partial charge in [-0.2, -0.15) is 0 Å². The summed E-state index contributed by atoms with van der Waals surface area (Å²) in [6.07, 6.45) is -0.585. The number of amides is 2. The van der Waals surface area contributed by atoms with E-state index in [4.69, 9.17) is 4.74 Å². The molecule has 2 aromatic carbocycles. The molecule has 2 rings (SSSR count). The zero-order valence-electron chi connectivity index (χ0n) is 16.0. The first-order valence-corrected chi connectivity index (χ1v) is 10.3. The molecule has 0 atom stereocenters. The summed E-state index contributed by atoms with van der Waals surface area (Å²) >= 11 is 0. The Balaban J connectivity index is 2.07. The lowest BCUT2D eigenvalue weighted by molar-refractivity contribution is 0.0951. The molecule has 0 spiro atoms. The van der Waals surface area contributed by atoms with Gasteiger partial charge in [-0.25, -0.2) is 17.6 Å². The monoisotopic (exact) mass is 423 g/mol. The average molecular weight is 423 g/mol. The van der Waals surface area contributed by atoms with Crippen molar-refractivity contribution in [2.75, 3.05) is 24.4 Å². The van der Waals surface area contributed by atoms with Crippen LogP contribution in [0.2, 0.25) is 0 Å². The van der Waals surface area contributed by atoms with Crippen LogP contribution in [0.15, 0.2) is 47.4 Å². The zero-order chi connectivity index (χ0) is 21.4. The molecule has 29 heavy (non-hydrogen) atoms. The molecule has 8 nitrogen and oxygen atoms in total. The van der Waals surface area contributed by atoms with Crippen molar-refractivity contribution in [3.05, 3.63) is 59.4 Å². The molecule has 0 fully saturated rings. The van der Waals surface area contributed by atoms with Crippen LogP contribution in [0.5, 0.6) is 0 Å². The van der Waals surface area contributed by atoms with Gasteiger partial charge in [0, 0.05) is 24.3 Å².